The zero-order valence-corrected chi connectivity index (χ0v) is 16.1. The topological polar surface area (TPSA) is 104 Å². The van der Waals surface area contributed by atoms with E-state index in [4.69, 9.17) is 0 Å². The highest BCUT2D eigenvalue weighted by atomic mass is 16.3. The highest BCUT2D eigenvalue weighted by molar-refractivity contribution is 5.92. The molecule has 0 saturated carbocycles. The van der Waals surface area contributed by atoms with Gasteiger partial charge in [0.25, 0.3) is 5.91 Å². The highest BCUT2D eigenvalue weighted by Crippen LogP contribution is 2.30. The van der Waals surface area contributed by atoms with Crippen molar-refractivity contribution < 1.29 is 9.90 Å². The van der Waals surface area contributed by atoms with Gasteiger partial charge < -0.3 is 19.6 Å². The van der Waals surface area contributed by atoms with Crippen LogP contribution in [-0.2, 0) is 13.5 Å². The lowest BCUT2D eigenvalue weighted by molar-refractivity contribution is 0.0416. The maximum atomic E-state index is 12.8. The van der Waals surface area contributed by atoms with Crippen LogP contribution in [0.25, 0.3) is 0 Å². The molecular weight excluding hydrogens is 346 g/mol. The van der Waals surface area contributed by atoms with Crippen molar-refractivity contribution in [3.63, 3.8) is 0 Å². The summed E-state index contributed by atoms with van der Waals surface area (Å²) in [7, 11) is 1.86. The van der Waals surface area contributed by atoms with Gasteiger partial charge in [0, 0.05) is 38.2 Å². The number of aromatic amines is 1. The molecule has 1 aliphatic heterocycles. The molecule has 3 rings (SSSR count). The Balaban J connectivity index is 1.66. The van der Waals surface area contributed by atoms with Crippen LogP contribution in [0.1, 0.15) is 54.8 Å². The summed E-state index contributed by atoms with van der Waals surface area (Å²) < 4.78 is 1.82. The van der Waals surface area contributed by atoms with E-state index < -0.39 is 11.8 Å². The van der Waals surface area contributed by atoms with Crippen LogP contribution in [-0.4, -0.2) is 48.5 Å². The van der Waals surface area contributed by atoms with Crippen molar-refractivity contribution in [2.45, 2.75) is 39.2 Å². The summed E-state index contributed by atoms with van der Waals surface area (Å²) in [5, 5.41) is 10.6. The molecule has 146 valence electrons. The van der Waals surface area contributed by atoms with Crippen molar-refractivity contribution in [2.75, 3.05) is 13.1 Å². The Morgan fingerprint density at radius 1 is 1.37 bits per heavy atom. The summed E-state index contributed by atoms with van der Waals surface area (Å²) in [5.41, 5.74) is 0.433. The van der Waals surface area contributed by atoms with Crippen LogP contribution in [0.3, 0.4) is 0 Å². The maximum absolute atomic E-state index is 12.8. The molecule has 1 atom stereocenters. The van der Waals surface area contributed by atoms with E-state index in [2.05, 4.69) is 28.8 Å². The lowest BCUT2D eigenvalue weighted by Gasteiger charge is -2.33. The molecule has 3 heterocycles. The second kappa shape index (κ2) is 8.04. The molecule has 1 aliphatic rings. The van der Waals surface area contributed by atoms with Gasteiger partial charge in [-0.25, -0.2) is 9.78 Å². The number of rotatable bonds is 5. The van der Waals surface area contributed by atoms with E-state index in [1.165, 1.54) is 0 Å². The van der Waals surface area contributed by atoms with Crippen molar-refractivity contribution in [1.29, 1.82) is 0 Å². The molecule has 0 bridgehead atoms. The number of aliphatic hydroxyl groups is 1. The first kappa shape index (κ1) is 19.3. The third-order valence-corrected chi connectivity index (χ3v) is 5.04. The SMILES string of the molecule is CC(C)Cc1cc(C(=O)N2CCC([C@@H](O)c3nccn3C)CC2)nc(=O)[nH]1. The van der Waals surface area contributed by atoms with Crippen molar-refractivity contribution in [1.82, 2.24) is 24.4 Å². The van der Waals surface area contributed by atoms with Gasteiger partial charge >= 0.3 is 5.69 Å². The van der Waals surface area contributed by atoms with Gasteiger partial charge in [-0.3, -0.25) is 4.79 Å². The molecule has 2 aromatic heterocycles. The number of aryl methyl sites for hydroxylation is 1. The van der Waals surface area contributed by atoms with E-state index >= 15 is 0 Å². The van der Waals surface area contributed by atoms with Crippen LogP contribution < -0.4 is 5.69 Å². The molecular formula is C19H27N5O3. The molecule has 2 aromatic rings. The third kappa shape index (κ3) is 4.44. The normalized spacial score (nSPS) is 16.7. The number of carbonyl (C=O) groups is 1. The molecule has 0 spiro atoms. The summed E-state index contributed by atoms with van der Waals surface area (Å²) in [6.45, 7) is 5.16. The van der Waals surface area contributed by atoms with Crippen LogP contribution in [0.4, 0.5) is 0 Å². The lowest BCUT2D eigenvalue weighted by Crippen LogP contribution is -2.41. The molecule has 1 saturated heterocycles. The van der Waals surface area contributed by atoms with Crippen molar-refractivity contribution in [2.24, 2.45) is 18.9 Å². The lowest BCUT2D eigenvalue weighted by atomic mass is 9.90. The van der Waals surface area contributed by atoms with Crippen LogP contribution in [0.5, 0.6) is 0 Å². The first-order valence-corrected chi connectivity index (χ1v) is 9.40. The number of nitrogens with one attached hydrogen (secondary N) is 1. The van der Waals surface area contributed by atoms with Gasteiger partial charge in [-0.2, -0.15) is 4.98 Å². The van der Waals surface area contributed by atoms with E-state index in [0.29, 0.717) is 44.1 Å². The fourth-order valence-corrected chi connectivity index (χ4v) is 3.62. The first-order valence-electron chi connectivity index (χ1n) is 9.40. The quantitative estimate of drug-likeness (QED) is 0.822. The predicted octanol–water partition coefficient (Wildman–Crippen LogP) is 1.29. The largest absolute Gasteiger partial charge is 0.385 e. The number of carbonyl (C=O) groups excluding carboxylic acids is 1. The van der Waals surface area contributed by atoms with Crippen molar-refractivity contribution >= 4 is 5.91 Å². The fourth-order valence-electron chi connectivity index (χ4n) is 3.62. The fraction of sp³-hybridized carbons (Fsp3) is 0.579. The molecule has 0 aromatic carbocycles. The van der Waals surface area contributed by atoms with Crippen LogP contribution in [0.15, 0.2) is 23.3 Å². The van der Waals surface area contributed by atoms with E-state index in [0.717, 1.165) is 5.69 Å². The van der Waals surface area contributed by atoms with Gasteiger partial charge in [-0.15, -0.1) is 0 Å². The number of likely N-dealkylation sites (tertiary alicyclic amines) is 1. The van der Waals surface area contributed by atoms with E-state index in [1.54, 1.807) is 17.2 Å². The number of hydrogen-bond donors (Lipinski definition) is 2. The Hall–Kier alpha value is -2.48. The minimum atomic E-state index is -0.641. The minimum absolute atomic E-state index is 0.0544. The first-order chi connectivity index (χ1) is 12.8. The number of imidazole rings is 1. The van der Waals surface area contributed by atoms with Gasteiger partial charge in [0.15, 0.2) is 0 Å². The Morgan fingerprint density at radius 2 is 2.07 bits per heavy atom. The zero-order valence-electron chi connectivity index (χ0n) is 16.1. The number of H-pyrrole nitrogens is 1. The Kier molecular flexibility index (Phi) is 5.74. The van der Waals surface area contributed by atoms with Gasteiger partial charge in [0.2, 0.25) is 0 Å². The summed E-state index contributed by atoms with van der Waals surface area (Å²) in [5.74, 6) is 0.846. The van der Waals surface area contributed by atoms with E-state index in [-0.39, 0.29) is 17.5 Å². The zero-order chi connectivity index (χ0) is 19.6. The minimum Gasteiger partial charge on any atom is -0.385 e. The van der Waals surface area contributed by atoms with E-state index in [9.17, 15) is 14.7 Å². The molecule has 2 N–H and O–H groups in total. The molecule has 8 heteroatoms. The van der Waals surface area contributed by atoms with Gasteiger partial charge in [0.1, 0.15) is 17.6 Å². The average molecular weight is 373 g/mol. The number of aromatic nitrogens is 4. The summed E-state index contributed by atoms with van der Waals surface area (Å²) in [6, 6.07) is 1.68. The van der Waals surface area contributed by atoms with Crippen molar-refractivity contribution in [3.8, 4) is 0 Å². The molecule has 0 aliphatic carbocycles. The standard InChI is InChI=1S/C19H27N5O3/c1-12(2)10-14-11-15(22-19(27)21-14)18(26)24-7-4-13(5-8-24)16(25)17-20-6-9-23(17)3/h6,9,11-13,16,25H,4-5,7-8,10H2,1-3H3,(H,21,22,27)/t16-/m1/s1. The highest BCUT2D eigenvalue weighted by Gasteiger charge is 2.31. The van der Waals surface area contributed by atoms with E-state index in [1.807, 2.05) is 17.8 Å². The van der Waals surface area contributed by atoms with Crippen molar-refractivity contribution in [3.05, 3.63) is 46.2 Å². The van der Waals surface area contributed by atoms with Gasteiger partial charge in [-0.05, 0) is 37.2 Å². The number of piperidine rings is 1. The monoisotopic (exact) mass is 373 g/mol. The predicted molar refractivity (Wildman–Crippen MR) is 100 cm³/mol. The van der Waals surface area contributed by atoms with Gasteiger partial charge in [0.05, 0.1) is 0 Å². The smallest absolute Gasteiger partial charge is 0.345 e. The average Bonchev–Trinajstić information content (AvgIpc) is 3.05. The molecule has 1 fully saturated rings. The maximum Gasteiger partial charge on any atom is 0.345 e. The Labute approximate surface area is 158 Å². The molecule has 0 unspecified atom stereocenters. The number of nitrogens with zero attached hydrogens (tertiary/aromatic N) is 4. The molecule has 1 amide bonds. The Morgan fingerprint density at radius 3 is 2.67 bits per heavy atom. The summed E-state index contributed by atoms with van der Waals surface area (Å²) >= 11 is 0. The summed E-state index contributed by atoms with van der Waals surface area (Å²) in [4.78, 5) is 37.1. The number of hydrogen-bond acceptors (Lipinski definition) is 5. The molecule has 27 heavy (non-hydrogen) atoms. The van der Waals surface area contributed by atoms with Crippen LogP contribution in [0.2, 0.25) is 0 Å². The van der Waals surface area contributed by atoms with Crippen LogP contribution in [0, 0.1) is 11.8 Å². The molecule has 8 nitrogen and oxygen atoms in total. The third-order valence-electron chi connectivity index (χ3n) is 5.04. The summed E-state index contributed by atoms with van der Waals surface area (Å²) in [6.07, 6.45) is 4.90. The second-order valence-corrected chi connectivity index (χ2v) is 7.67. The Bertz CT molecular complexity index is 849. The van der Waals surface area contributed by atoms with Gasteiger partial charge in [-0.1, -0.05) is 13.8 Å². The number of aliphatic hydroxyl groups excluding tert-OH is 1. The second-order valence-electron chi connectivity index (χ2n) is 7.67. The van der Waals surface area contributed by atoms with Crippen LogP contribution >= 0.6 is 0 Å². The molecule has 0 radical (unpaired) electrons. The number of amides is 1.